The van der Waals surface area contributed by atoms with Crippen LogP contribution < -0.4 is 0 Å². The van der Waals surface area contributed by atoms with Crippen molar-refractivity contribution in [2.24, 2.45) is 17.3 Å². The van der Waals surface area contributed by atoms with Crippen LogP contribution in [0.2, 0.25) is 0 Å². The standard InChI is InChI=1S/C32H57NO7/c1-6-8-9-10-11-12-13-14-15-16-22-40-30(37)26(19-20-32(4,7-2)31(38)39-5)24-27(23-25(3)29(35)36)33-21-17-18-28(33)34/h25-27H,6-24H2,1-5H3,(H,35,36). The number of ether oxygens (including phenoxy) is 2. The second-order valence-electron chi connectivity index (χ2n) is 12.0. The lowest BCUT2D eigenvalue weighted by Gasteiger charge is -2.33. The first kappa shape index (κ1) is 35.9. The van der Waals surface area contributed by atoms with Gasteiger partial charge in [-0.05, 0) is 51.9 Å². The van der Waals surface area contributed by atoms with E-state index in [1.165, 1.54) is 52.1 Å². The number of carbonyl (C=O) groups excluding carboxylic acids is 3. The normalized spacial score (nSPS) is 17.2. The zero-order valence-corrected chi connectivity index (χ0v) is 26.0. The van der Waals surface area contributed by atoms with Crippen molar-refractivity contribution in [1.29, 1.82) is 0 Å². The van der Waals surface area contributed by atoms with Crippen LogP contribution in [0, 0.1) is 17.3 Å². The van der Waals surface area contributed by atoms with Gasteiger partial charge in [-0.1, -0.05) is 78.6 Å². The average molecular weight is 568 g/mol. The van der Waals surface area contributed by atoms with Crippen molar-refractivity contribution in [2.75, 3.05) is 20.3 Å². The molecule has 0 aromatic rings. The summed E-state index contributed by atoms with van der Waals surface area (Å²) in [6, 6.07) is -0.359. The molecule has 1 aliphatic rings. The van der Waals surface area contributed by atoms with Crippen LogP contribution in [0.3, 0.4) is 0 Å². The molecule has 1 fully saturated rings. The maximum absolute atomic E-state index is 13.3. The van der Waals surface area contributed by atoms with Crippen molar-refractivity contribution in [1.82, 2.24) is 4.90 Å². The SMILES string of the molecule is CCCCCCCCCCCCOC(=O)C(CCC(C)(CC)C(=O)OC)CC(CC(C)C(=O)O)N1CCCC1=O. The molecular weight excluding hydrogens is 510 g/mol. The third-order valence-corrected chi connectivity index (χ3v) is 8.73. The van der Waals surface area contributed by atoms with E-state index in [-0.39, 0.29) is 30.3 Å². The molecule has 0 radical (unpaired) electrons. The molecule has 0 spiro atoms. The molecule has 4 atom stereocenters. The number of nitrogens with zero attached hydrogens (tertiary/aromatic N) is 1. The van der Waals surface area contributed by atoms with Gasteiger partial charge in [0.1, 0.15) is 0 Å². The van der Waals surface area contributed by atoms with Crippen LogP contribution >= 0.6 is 0 Å². The van der Waals surface area contributed by atoms with Gasteiger partial charge in [0.15, 0.2) is 0 Å². The topological polar surface area (TPSA) is 110 Å². The first-order chi connectivity index (χ1) is 19.1. The van der Waals surface area contributed by atoms with E-state index in [1.54, 1.807) is 11.8 Å². The van der Waals surface area contributed by atoms with Crippen LogP contribution in [0.5, 0.6) is 0 Å². The Morgan fingerprint density at radius 1 is 0.975 bits per heavy atom. The summed E-state index contributed by atoms with van der Waals surface area (Å²) in [6.07, 6.45) is 15.2. The number of hydrogen-bond donors (Lipinski definition) is 1. The molecule has 0 saturated carbocycles. The predicted molar refractivity (Wildman–Crippen MR) is 157 cm³/mol. The number of carboxylic acids is 1. The first-order valence-electron chi connectivity index (χ1n) is 15.9. The molecule has 1 aliphatic heterocycles. The number of esters is 2. The molecule has 1 N–H and O–H groups in total. The Balaban J connectivity index is 2.78. The zero-order chi connectivity index (χ0) is 30.0. The first-order valence-corrected chi connectivity index (χ1v) is 15.9. The van der Waals surface area contributed by atoms with Crippen LogP contribution in [-0.2, 0) is 28.7 Å². The maximum atomic E-state index is 13.3. The summed E-state index contributed by atoms with van der Waals surface area (Å²) < 4.78 is 10.8. The zero-order valence-electron chi connectivity index (χ0n) is 26.0. The molecule has 1 rings (SSSR count). The lowest BCUT2D eigenvalue weighted by Crippen LogP contribution is -2.41. The molecule has 0 aromatic carbocycles. The van der Waals surface area contributed by atoms with E-state index in [2.05, 4.69) is 6.92 Å². The quantitative estimate of drug-likeness (QED) is 0.105. The Bertz CT molecular complexity index is 770. The van der Waals surface area contributed by atoms with E-state index in [0.717, 1.165) is 25.7 Å². The predicted octanol–water partition coefficient (Wildman–Crippen LogP) is 6.93. The maximum Gasteiger partial charge on any atom is 0.311 e. The molecule has 0 bridgehead atoms. The Morgan fingerprint density at radius 3 is 2.08 bits per heavy atom. The van der Waals surface area contributed by atoms with E-state index >= 15 is 0 Å². The summed E-state index contributed by atoms with van der Waals surface area (Å²) in [6.45, 7) is 8.57. The molecule has 1 heterocycles. The fourth-order valence-corrected chi connectivity index (χ4v) is 5.62. The minimum absolute atomic E-state index is 0.00743. The summed E-state index contributed by atoms with van der Waals surface area (Å²) in [5, 5.41) is 9.54. The summed E-state index contributed by atoms with van der Waals surface area (Å²) in [5.41, 5.74) is -0.725. The molecule has 1 saturated heterocycles. The minimum Gasteiger partial charge on any atom is -0.481 e. The van der Waals surface area contributed by atoms with Crippen molar-refractivity contribution in [3.8, 4) is 0 Å². The van der Waals surface area contributed by atoms with Crippen molar-refractivity contribution >= 4 is 23.8 Å². The number of carbonyl (C=O) groups is 4. The third-order valence-electron chi connectivity index (χ3n) is 8.73. The van der Waals surface area contributed by atoms with Crippen molar-refractivity contribution < 1.29 is 33.8 Å². The summed E-state index contributed by atoms with van der Waals surface area (Å²) in [7, 11) is 1.37. The highest BCUT2D eigenvalue weighted by Crippen LogP contribution is 2.34. The largest absolute Gasteiger partial charge is 0.481 e. The minimum atomic E-state index is -0.916. The number of likely N-dealkylation sites (tertiary alicyclic amines) is 1. The highest BCUT2D eigenvalue weighted by molar-refractivity contribution is 5.79. The smallest absolute Gasteiger partial charge is 0.311 e. The second-order valence-corrected chi connectivity index (χ2v) is 12.0. The summed E-state index contributed by atoms with van der Waals surface area (Å²) >= 11 is 0. The van der Waals surface area contributed by atoms with E-state index in [9.17, 15) is 24.3 Å². The van der Waals surface area contributed by atoms with Crippen LogP contribution in [0.25, 0.3) is 0 Å². The fourth-order valence-electron chi connectivity index (χ4n) is 5.62. The van der Waals surface area contributed by atoms with Crippen LogP contribution in [0.15, 0.2) is 0 Å². The summed E-state index contributed by atoms with van der Waals surface area (Å²) in [5.74, 6) is -2.71. The number of methoxy groups -OCH3 is 1. The number of hydrogen-bond acceptors (Lipinski definition) is 6. The molecular formula is C32H57NO7. The highest BCUT2D eigenvalue weighted by atomic mass is 16.5. The van der Waals surface area contributed by atoms with Crippen molar-refractivity contribution in [3.63, 3.8) is 0 Å². The van der Waals surface area contributed by atoms with E-state index in [4.69, 9.17) is 9.47 Å². The molecule has 40 heavy (non-hydrogen) atoms. The number of carboxylic acid groups (broad SMARTS) is 1. The van der Waals surface area contributed by atoms with Crippen LogP contribution in [0.1, 0.15) is 137 Å². The molecule has 4 unspecified atom stereocenters. The van der Waals surface area contributed by atoms with Crippen LogP contribution in [-0.4, -0.2) is 60.1 Å². The fraction of sp³-hybridized carbons (Fsp3) is 0.875. The molecule has 8 heteroatoms. The van der Waals surface area contributed by atoms with Crippen molar-refractivity contribution in [2.45, 2.75) is 143 Å². The number of unbranched alkanes of at least 4 members (excludes halogenated alkanes) is 9. The number of amides is 1. The van der Waals surface area contributed by atoms with Gasteiger partial charge in [-0.25, -0.2) is 0 Å². The van der Waals surface area contributed by atoms with Gasteiger partial charge in [0, 0.05) is 19.0 Å². The van der Waals surface area contributed by atoms with Gasteiger partial charge in [-0.3, -0.25) is 19.2 Å². The lowest BCUT2D eigenvalue weighted by molar-refractivity contribution is -0.155. The molecule has 8 nitrogen and oxygen atoms in total. The Hall–Kier alpha value is -2.12. The van der Waals surface area contributed by atoms with E-state index in [1.807, 2.05) is 13.8 Å². The molecule has 1 amide bonds. The Kier molecular flexibility index (Phi) is 17.8. The van der Waals surface area contributed by atoms with Gasteiger partial charge < -0.3 is 19.5 Å². The van der Waals surface area contributed by atoms with Gasteiger partial charge in [0.25, 0.3) is 0 Å². The van der Waals surface area contributed by atoms with Gasteiger partial charge >= 0.3 is 17.9 Å². The second kappa shape index (κ2) is 19.9. The van der Waals surface area contributed by atoms with E-state index < -0.39 is 23.2 Å². The number of aliphatic carboxylic acids is 1. The Labute approximate surface area is 242 Å². The van der Waals surface area contributed by atoms with Crippen LogP contribution in [0.4, 0.5) is 0 Å². The third kappa shape index (κ3) is 13.0. The van der Waals surface area contributed by atoms with Gasteiger partial charge in [-0.2, -0.15) is 0 Å². The highest BCUT2D eigenvalue weighted by Gasteiger charge is 2.37. The molecule has 0 aliphatic carbocycles. The molecule has 0 aromatic heterocycles. The van der Waals surface area contributed by atoms with Gasteiger partial charge in [-0.15, -0.1) is 0 Å². The lowest BCUT2D eigenvalue weighted by atomic mass is 9.79. The average Bonchev–Trinajstić information content (AvgIpc) is 3.37. The monoisotopic (exact) mass is 567 g/mol. The van der Waals surface area contributed by atoms with Gasteiger partial charge in [0.05, 0.1) is 31.0 Å². The molecule has 232 valence electrons. The Morgan fingerprint density at radius 2 is 1.57 bits per heavy atom. The number of rotatable bonds is 23. The summed E-state index contributed by atoms with van der Waals surface area (Å²) in [4.78, 5) is 51.8. The van der Waals surface area contributed by atoms with E-state index in [0.29, 0.717) is 45.3 Å². The van der Waals surface area contributed by atoms with Crippen molar-refractivity contribution in [3.05, 3.63) is 0 Å². The van der Waals surface area contributed by atoms with Gasteiger partial charge in [0.2, 0.25) is 5.91 Å².